The van der Waals surface area contributed by atoms with Crippen molar-refractivity contribution in [3.05, 3.63) is 24.0 Å². The van der Waals surface area contributed by atoms with Gasteiger partial charge in [0, 0.05) is 33.7 Å². The average molecular weight is 265 g/mol. The van der Waals surface area contributed by atoms with Crippen molar-refractivity contribution in [2.75, 3.05) is 39.2 Å². The molecule has 0 aliphatic carbocycles. The summed E-state index contributed by atoms with van der Waals surface area (Å²) in [5.74, 6) is -0.203. The number of nitrogens with one attached hydrogen (secondary N) is 2. The molecule has 6 heteroatoms. The number of aromatic nitrogens is 1. The number of ether oxygens (including phenoxy) is 2. The molecule has 1 amide bonds. The maximum atomic E-state index is 12.0. The highest BCUT2D eigenvalue weighted by Crippen LogP contribution is 2.21. The first kappa shape index (κ1) is 13.8. The van der Waals surface area contributed by atoms with Crippen molar-refractivity contribution in [1.29, 1.82) is 0 Å². The molecule has 2 heterocycles. The molecule has 2 N–H and O–H groups in total. The standard InChI is InChI=1S/C13H19N3O3/c1-14-10-3-4-11(15-7-10)12(17)16-8-13(18-2)5-6-19-9-13/h3-4,7,14H,5-6,8-9H2,1-2H3,(H,16,17). The number of pyridine rings is 1. The molecule has 1 fully saturated rings. The molecule has 1 aromatic heterocycles. The summed E-state index contributed by atoms with van der Waals surface area (Å²) >= 11 is 0. The summed E-state index contributed by atoms with van der Waals surface area (Å²) in [6.45, 7) is 1.60. The van der Waals surface area contributed by atoms with Crippen LogP contribution in [0.2, 0.25) is 0 Å². The van der Waals surface area contributed by atoms with Gasteiger partial charge in [-0.1, -0.05) is 0 Å². The molecule has 2 rings (SSSR count). The van der Waals surface area contributed by atoms with Crippen LogP contribution >= 0.6 is 0 Å². The molecule has 0 radical (unpaired) electrons. The number of methoxy groups -OCH3 is 1. The third-order valence-electron chi connectivity index (χ3n) is 3.36. The quantitative estimate of drug-likeness (QED) is 0.818. The van der Waals surface area contributed by atoms with Gasteiger partial charge in [0.1, 0.15) is 11.3 Å². The molecule has 1 unspecified atom stereocenters. The molecule has 6 nitrogen and oxygen atoms in total. The molecular formula is C13H19N3O3. The summed E-state index contributed by atoms with van der Waals surface area (Å²) < 4.78 is 10.8. The van der Waals surface area contributed by atoms with E-state index in [1.165, 1.54) is 0 Å². The number of carbonyl (C=O) groups excluding carboxylic acids is 1. The van der Waals surface area contributed by atoms with Crippen LogP contribution in [-0.4, -0.2) is 50.4 Å². The number of amides is 1. The maximum absolute atomic E-state index is 12.0. The van der Waals surface area contributed by atoms with E-state index in [-0.39, 0.29) is 5.91 Å². The van der Waals surface area contributed by atoms with E-state index in [0.29, 0.717) is 25.5 Å². The fourth-order valence-electron chi connectivity index (χ4n) is 1.97. The van der Waals surface area contributed by atoms with Crippen molar-refractivity contribution in [2.24, 2.45) is 0 Å². The lowest BCUT2D eigenvalue weighted by Crippen LogP contribution is -2.45. The van der Waals surface area contributed by atoms with E-state index in [1.807, 2.05) is 6.07 Å². The van der Waals surface area contributed by atoms with Gasteiger partial charge in [-0.3, -0.25) is 4.79 Å². The molecule has 0 bridgehead atoms. The van der Waals surface area contributed by atoms with Gasteiger partial charge in [0.05, 0.1) is 18.5 Å². The van der Waals surface area contributed by atoms with E-state index in [2.05, 4.69) is 15.6 Å². The van der Waals surface area contributed by atoms with Crippen molar-refractivity contribution >= 4 is 11.6 Å². The zero-order chi connectivity index (χ0) is 13.7. The van der Waals surface area contributed by atoms with Crippen LogP contribution in [0.3, 0.4) is 0 Å². The van der Waals surface area contributed by atoms with Gasteiger partial charge in [-0.05, 0) is 12.1 Å². The van der Waals surface area contributed by atoms with Crippen LogP contribution < -0.4 is 10.6 Å². The molecule has 0 saturated carbocycles. The Hall–Kier alpha value is -1.66. The van der Waals surface area contributed by atoms with Crippen LogP contribution in [0.15, 0.2) is 18.3 Å². The van der Waals surface area contributed by atoms with Gasteiger partial charge in [0.25, 0.3) is 5.91 Å². The summed E-state index contributed by atoms with van der Waals surface area (Å²) in [7, 11) is 3.44. The fraction of sp³-hybridized carbons (Fsp3) is 0.538. The molecule has 1 atom stereocenters. The first-order valence-corrected chi connectivity index (χ1v) is 6.24. The summed E-state index contributed by atoms with van der Waals surface area (Å²) in [5.41, 5.74) is 0.860. The third kappa shape index (κ3) is 3.21. The lowest BCUT2D eigenvalue weighted by Gasteiger charge is -2.25. The van der Waals surface area contributed by atoms with Crippen LogP contribution in [0.4, 0.5) is 5.69 Å². The maximum Gasteiger partial charge on any atom is 0.269 e. The number of anilines is 1. The Morgan fingerprint density at radius 2 is 2.42 bits per heavy atom. The normalized spacial score (nSPS) is 22.2. The summed E-state index contributed by atoms with van der Waals surface area (Å²) in [6.07, 6.45) is 2.41. The van der Waals surface area contributed by atoms with Crippen molar-refractivity contribution < 1.29 is 14.3 Å². The third-order valence-corrected chi connectivity index (χ3v) is 3.36. The lowest BCUT2D eigenvalue weighted by atomic mass is 10.0. The minimum absolute atomic E-state index is 0.203. The minimum Gasteiger partial charge on any atom is -0.387 e. The van der Waals surface area contributed by atoms with Crippen molar-refractivity contribution in [2.45, 2.75) is 12.0 Å². The van der Waals surface area contributed by atoms with Gasteiger partial charge in [-0.2, -0.15) is 0 Å². The molecule has 1 aliphatic rings. The van der Waals surface area contributed by atoms with Gasteiger partial charge < -0.3 is 20.1 Å². The molecule has 19 heavy (non-hydrogen) atoms. The largest absolute Gasteiger partial charge is 0.387 e. The number of carbonyl (C=O) groups is 1. The molecule has 0 aromatic carbocycles. The lowest BCUT2D eigenvalue weighted by molar-refractivity contribution is -0.0149. The number of nitrogens with zero attached hydrogens (tertiary/aromatic N) is 1. The molecule has 1 aromatic rings. The molecular weight excluding hydrogens is 246 g/mol. The van der Waals surface area contributed by atoms with Gasteiger partial charge in [-0.15, -0.1) is 0 Å². The zero-order valence-corrected chi connectivity index (χ0v) is 11.2. The predicted octanol–water partition coefficient (Wildman–Crippen LogP) is 0.659. The first-order valence-electron chi connectivity index (χ1n) is 6.24. The number of rotatable bonds is 5. The van der Waals surface area contributed by atoms with Crippen molar-refractivity contribution in [3.8, 4) is 0 Å². The Morgan fingerprint density at radius 1 is 1.58 bits per heavy atom. The van der Waals surface area contributed by atoms with E-state index in [4.69, 9.17) is 9.47 Å². The van der Waals surface area contributed by atoms with Crippen LogP contribution in [0.25, 0.3) is 0 Å². The average Bonchev–Trinajstić information content (AvgIpc) is 2.94. The Kier molecular flexibility index (Phi) is 4.34. The molecule has 104 valence electrons. The minimum atomic E-state index is -0.402. The Morgan fingerprint density at radius 3 is 2.95 bits per heavy atom. The Labute approximate surface area is 112 Å². The SMILES string of the molecule is CNc1ccc(C(=O)NCC2(OC)CCOC2)nc1. The highest BCUT2D eigenvalue weighted by atomic mass is 16.5. The van der Waals surface area contributed by atoms with Crippen molar-refractivity contribution in [1.82, 2.24) is 10.3 Å². The van der Waals surface area contributed by atoms with Crippen LogP contribution in [0, 0.1) is 0 Å². The summed E-state index contributed by atoms with van der Waals surface area (Å²) in [6, 6.07) is 3.50. The fourth-order valence-corrected chi connectivity index (χ4v) is 1.97. The number of hydrogen-bond donors (Lipinski definition) is 2. The van der Waals surface area contributed by atoms with Crippen LogP contribution in [-0.2, 0) is 9.47 Å². The van der Waals surface area contributed by atoms with Crippen LogP contribution in [0.1, 0.15) is 16.9 Å². The van der Waals surface area contributed by atoms with Crippen molar-refractivity contribution in [3.63, 3.8) is 0 Å². The van der Waals surface area contributed by atoms with E-state index < -0.39 is 5.60 Å². The Balaban J connectivity index is 1.93. The molecule has 1 aliphatic heterocycles. The van der Waals surface area contributed by atoms with E-state index in [0.717, 1.165) is 12.1 Å². The van der Waals surface area contributed by atoms with Crippen LogP contribution in [0.5, 0.6) is 0 Å². The Bertz CT molecular complexity index is 427. The van der Waals surface area contributed by atoms with E-state index in [1.54, 1.807) is 26.4 Å². The van der Waals surface area contributed by atoms with Gasteiger partial charge in [-0.25, -0.2) is 4.98 Å². The van der Waals surface area contributed by atoms with E-state index >= 15 is 0 Å². The number of hydrogen-bond acceptors (Lipinski definition) is 5. The second kappa shape index (κ2) is 5.99. The predicted molar refractivity (Wildman–Crippen MR) is 71.3 cm³/mol. The molecule has 1 saturated heterocycles. The highest BCUT2D eigenvalue weighted by Gasteiger charge is 2.35. The monoisotopic (exact) mass is 265 g/mol. The second-order valence-corrected chi connectivity index (χ2v) is 4.55. The summed E-state index contributed by atoms with van der Waals surface area (Å²) in [4.78, 5) is 16.1. The van der Waals surface area contributed by atoms with Gasteiger partial charge in [0.2, 0.25) is 0 Å². The highest BCUT2D eigenvalue weighted by molar-refractivity contribution is 5.92. The molecule has 0 spiro atoms. The van der Waals surface area contributed by atoms with Gasteiger partial charge in [0.15, 0.2) is 0 Å². The second-order valence-electron chi connectivity index (χ2n) is 4.55. The van der Waals surface area contributed by atoms with Gasteiger partial charge >= 0.3 is 0 Å². The smallest absolute Gasteiger partial charge is 0.269 e. The zero-order valence-electron chi connectivity index (χ0n) is 11.2. The topological polar surface area (TPSA) is 72.5 Å². The van der Waals surface area contributed by atoms with E-state index in [9.17, 15) is 4.79 Å². The summed E-state index contributed by atoms with van der Waals surface area (Å²) in [5, 5.41) is 5.80. The first-order chi connectivity index (χ1) is 9.19.